The summed E-state index contributed by atoms with van der Waals surface area (Å²) < 4.78 is 1.86. The highest BCUT2D eigenvalue weighted by Crippen LogP contribution is 2.22. The van der Waals surface area contributed by atoms with Crippen molar-refractivity contribution in [3.8, 4) is 5.69 Å². The van der Waals surface area contributed by atoms with E-state index in [1.165, 1.54) is 11.8 Å². The molecule has 1 aromatic heterocycles. The molecular weight excluding hydrogens is 250 g/mol. The first-order chi connectivity index (χ1) is 8.58. The molecule has 6 heteroatoms. The van der Waals surface area contributed by atoms with Gasteiger partial charge in [-0.15, -0.1) is 10.2 Å². The van der Waals surface area contributed by atoms with Crippen LogP contribution >= 0.6 is 11.8 Å². The van der Waals surface area contributed by atoms with Crippen LogP contribution in [-0.2, 0) is 4.79 Å². The van der Waals surface area contributed by atoms with E-state index in [2.05, 4.69) is 10.2 Å². The van der Waals surface area contributed by atoms with Gasteiger partial charge in [0.1, 0.15) is 5.82 Å². The van der Waals surface area contributed by atoms with Gasteiger partial charge in [0.25, 0.3) is 0 Å². The molecule has 0 spiro atoms. The lowest BCUT2D eigenvalue weighted by molar-refractivity contribution is -0.133. The maximum absolute atomic E-state index is 10.6. The number of aromatic nitrogens is 3. The van der Waals surface area contributed by atoms with E-state index < -0.39 is 5.97 Å². The third-order valence-corrected chi connectivity index (χ3v) is 3.29. The molecule has 94 valence electrons. The van der Waals surface area contributed by atoms with Crippen LogP contribution < -0.4 is 0 Å². The zero-order chi connectivity index (χ0) is 13.1. The number of benzene rings is 1. The van der Waals surface area contributed by atoms with Gasteiger partial charge < -0.3 is 5.11 Å². The van der Waals surface area contributed by atoms with Crippen molar-refractivity contribution in [2.75, 3.05) is 5.75 Å². The Balaban J connectivity index is 2.37. The Bertz CT molecular complexity index is 580. The van der Waals surface area contributed by atoms with Gasteiger partial charge in [-0.3, -0.25) is 9.36 Å². The molecule has 0 aliphatic heterocycles. The molecule has 0 unspecified atom stereocenters. The van der Waals surface area contributed by atoms with E-state index in [0.29, 0.717) is 5.16 Å². The molecule has 1 heterocycles. The van der Waals surface area contributed by atoms with Gasteiger partial charge in [-0.05, 0) is 31.5 Å². The van der Waals surface area contributed by atoms with E-state index in [4.69, 9.17) is 5.11 Å². The summed E-state index contributed by atoms with van der Waals surface area (Å²) in [4.78, 5) is 10.6. The van der Waals surface area contributed by atoms with Crippen molar-refractivity contribution in [3.05, 3.63) is 35.7 Å². The van der Waals surface area contributed by atoms with E-state index in [0.717, 1.165) is 17.1 Å². The second kappa shape index (κ2) is 5.22. The van der Waals surface area contributed by atoms with Crippen molar-refractivity contribution in [2.24, 2.45) is 0 Å². The molecular formula is C12H13N3O2S. The highest BCUT2D eigenvalue weighted by Gasteiger charge is 2.12. The normalized spacial score (nSPS) is 10.6. The maximum Gasteiger partial charge on any atom is 0.313 e. The van der Waals surface area contributed by atoms with Crippen molar-refractivity contribution >= 4 is 17.7 Å². The molecule has 2 aromatic rings. The van der Waals surface area contributed by atoms with Crippen LogP contribution in [0.15, 0.2) is 29.4 Å². The molecule has 1 N–H and O–H groups in total. The fourth-order valence-corrected chi connectivity index (χ4v) is 2.34. The standard InChI is InChI=1S/C12H13N3O2S/c1-8-4-3-5-10(6-8)15-9(2)13-14-12(15)18-7-11(16)17/h3-6H,7H2,1-2H3,(H,16,17). The number of thioether (sulfide) groups is 1. The third-order valence-electron chi connectivity index (χ3n) is 2.38. The van der Waals surface area contributed by atoms with Crippen LogP contribution in [-0.4, -0.2) is 31.6 Å². The lowest BCUT2D eigenvalue weighted by Crippen LogP contribution is -2.03. The van der Waals surface area contributed by atoms with Crippen molar-refractivity contribution < 1.29 is 9.90 Å². The number of hydrogen-bond acceptors (Lipinski definition) is 4. The molecule has 5 nitrogen and oxygen atoms in total. The number of aliphatic carboxylic acids is 1. The molecule has 0 bridgehead atoms. The summed E-state index contributed by atoms with van der Waals surface area (Å²) in [7, 11) is 0. The fourth-order valence-electron chi connectivity index (χ4n) is 1.63. The lowest BCUT2D eigenvalue weighted by atomic mass is 10.2. The zero-order valence-corrected chi connectivity index (χ0v) is 10.9. The van der Waals surface area contributed by atoms with Crippen LogP contribution in [0.4, 0.5) is 0 Å². The number of carboxylic acids is 1. The van der Waals surface area contributed by atoms with Gasteiger partial charge in [-0.25, -0.2) is 0 Å². The van der Waals surface area contributed by atoms with Crippen LogP contribution in [0.5, 0.6) is 0 Å². The molecule has 0 aliphatic carbocycles. The number of carboxylic acid groups (broad SMARTS) is 1. The van der Waals surface area contributed by atoms with Crippen LogP contribution in [0.3, 0.4) is 0 Å². The van der Waals surface area contributed by atoms with Crippen molar-refractivity contribution in [1.29, 1.82) is 0 Å². The number of hydrogen-bond donors (Lipinski definition) is 1. The van der Waals surface area contributed by atoms with E-state index in [-0.39, 0.29) is 5.75 Å². The summed E-state index contributed by atoms with van der Waals surface area (Å²) in [5.74, 6) is -0.144. The second-order valence-corrected chi connectivity index (χ2v) is 4.83. The van der Waals surface area contributed by atoms with Gasteiger partial charge in [0.15, 0.2) is 5.16 Å². The third kappa shape index (κ3) is 2.70. The lowest BCUT2D eigenvalue weighted by Gasteiger charge is -2.08. The first-order valence-corrected chi connectivity index (χ1v) is 6.40. The summed E-state index contributed by atoms with van der Waals surface area (Å²) in [6.07, 6.45) is 0. The predicted octanol–water partition coefficient (Wildman–Crippen LogP) is 2.06. The van der Waals surface area contributed by atoms with Crippen LogP contribution in [0.2, 0.25) is 0 Å². The highest BCUT2D eigenvalue weighted by atomic mass is 32.2. The number of carbonyl (C=O) groups is 1. The molecule has 0 atom stereocenters. The first-order valence-electron chi connectivity index (χ1n) is 5.41. The topological polar surface area (TPSA) is 68.0 Å². The summed E-state index contributed by atoms with van der Waals surface area (Å²) in [6, 6.07) is 7.93. The minimum Gasteiger partial charge on any atom is -0.481 e. The van der Waals surface area contributed by atoms with E-state index >= 15 is 0 Å². The Morgan fingerprint density at radius 2 is 2.17 bits per heavy atom. The molecule has 0 fully saturated rings. The van der Waals surface area contributed by atoms with Crippen LogP contribution in [0, 0.1) is 13.8 Å². The average molecular weight is 263 g/mol. The minimum absolute atomic E-state index is 0.0239. The molecule has 18 heavy (non-hydrogen) atoms. The molecule has 0 amide bonds. The Hall–Kier alpha value is -1.82. The van der Waals surface area contributed by atoms with Crippen LogP contribution in [0.1, 0.15) is 11.4 Å². The highest BCUT2D eigenvalue weighted by molar-refractivity contribution is 7.99. The van der Waals surface area contributed by atoms with Gasteiger partial charge in [0, 0.05) is 5.69 Å². The summed E-state index contributed by atoms with van der Waals surface area (Å²) in [5, 5.41) is 17.3. The van der Waals surface area contributed by atoms with Gasteiger partial charge in [0.05, 0.1) is 5.75 Å². The number of nitrogens with zero attached hydrogens (tertiary/aromatic N) is 3. The van der Waals surface area contributed by atoms with Crippen molar-refractivity contribution in [1.82, 2.24) is 14.8 Å². The second-order valence-electron chi connectivity index (χ2n) is 3.89. The molecule has 0 saturated carbocycles. The van der Waals surface area contributed by atoms with Crippen molar-refractivity contribution in [3.63, 3.8) is 0 Å². The van der Waals surface area contributed by atoms with E-state index in [9.17, 15) is 4.79 Å². The van der Waals surface area contributed by atoms with Gasteiger partial charge in [-0.1, -0.05) is 23.9 Å². The molecule has 0 aliphatic rings. The zero-order valence-electron chi connectivity index (χ0n) is 10.1. The Morgan fingerprint density at radius 3 is 2.83 bits per heavy atom. The fraction of sp³-hybridized carbons (Fsp3) is 0.250. The first kappa shape index (κ1) is 12.6. The Morgan fingerprint density at radius 1 is 1.39 bits per heavy atom. The smallest absolute Gasteiger partial charge is 0.313 e. The molecule has 2 rings (SSSR count). The van der Waals surface area contributed by atoms with Gasteiger partial charge >= 0.3 is 5.97 Å². The van der Waals surface area contributed by atoms with Gasteiger partial charge in [0.2, 0.25) is 0 Å². The SMILES string of the molecule is Cc1cccc(-n2c(C)nnc2SCC(=O)O)c1. The number of aryl methyl sites for hydroxylation is 2. The monoisotopic (exact) mass is 263 g/mol. The predicted molar refractivity (Wildman–Crippen MR) is 69.2 cm³/mol. The minimum atomic E-state index is -0.864. The van der Waals surface area contributed by atoms with E-state index in [1.807, 2.05) is 42.7 Å². The van der Waals surface area contributed by atoms with Crippen molar-refractivity contribution in [2.45, 2.75) is 19.0 Å². The maximum atomic E-state index is 10.6. The summed E-state index contributed by atoms with van der Waals surface area (Å²) >= 11 is 1.17. The van der Waals surface area contributed by atoms with Crippen LogP contribution in [0.25, 0.3) is 5.69 Å². The van der Waals surface area contributed by atoms with E-state index in [1.54, 1.807) is 0 Å². The molecule has 0 radical (unpaired) electrons. The molecule has 0 saturated heterocycles. The summed E-state index contributed by atoms with van der Waals surface area (Å²) in [6.45, 7) is 3.85. The summed E-state index contributed by atoms with van der Waals surface area (Å²) in [5.41, 5.74) is 2.08. The Kier molecular flexibility index (Phi) is 3.66. The average Bonchev–Trinajstić information content (AvgIpc) is 2.68. The van der Waals surface area contributed by atoms with Gasteiger partial charge in [-0.2, -0.15) is 0 Å². The Labute approximate surface area is 109 Å². The number of rotatable bonds is 4. The molecule has 1 aromatic carbocycles. The quantitative estimate of drug-likeness (QED) is 0.855. The largest absolute Gasteiger partial charge is 0.481 e.